The van der Waals surface area contributed by atoms with Crippen molar-refractivity contribution in [2.24, 2.45) is 0 Å². The Hall–Kier alpha value is -3.19. The van der Waals surface area contributed by atoms with E-state index in [9.17, 15) is 18.0 Å². The zero-order valence-corrected chi connectivity index (χ0v) is 15.8. The van der Waals surface area contributed by atoms with Gasteiger partial charge in [0.05, 0.1) is 17.5 Å². The average molecular weight is 416 g/mol. The smallest absolute Gasteiger partial charge is 0.267 e. The van der Waals surface area contributed by atoms with Crippen LogP contribution in [0.4, 0.5) is 13.2 Å². The number of fused-ring (bicyclic) bond motifs is 1. The van der Waals surface area contributed by atoms with Crippen LogP contribution in [-0.4, -0.2) is 14.8 Å². The van der Waals surface area contributed by atoms with Gasteiger partial charge < -0.3 is 0 Å². The van der Waals surface area contributed by atoms with Crippen LogP contribution < -0.4 is 5.56 Å². The van der Waals surface area contributed by atoms with Crippen LogP contribution in [-0.2, 0) is 6.54 Å². The van der Waals surface area contributed by atoms with Crippen molar-refractivity contribution in [1.29, 1.82) is 0 Å². The Balaban J connectivity index is 2.00. The molecule has 0 aliphatic rings. The highest BCUT2D eigenvalue weighted by molar-refractivity contribution is 6.30. The van der Waals surface area contributed by atoms with Crippen molar-refractivity contribution in [3.63, 3.8) is 0 Å². The fraction of sp³-hybridized carbons (Fsp3) is 0.0952. The number of aryl methyl sites for hydroxylation is 1. The van der Waals surface area contributed by atoms with Crippen molar-refractivity contribution >= 4 is 22.4 Å². The van der Waals surface area contributed by atoms with E-state index >= 15 is 0 Å². The molecule has 2 aromatic carbocycles. The second-order valence-electron chi connectivity index (χ2n) is 6.54. The van der Waals surface area contributed by atoms with Crippen molar-refractivity contribution in [3.05, 3.63) is 92.7 Å². The lowest BCUT2D eigenvalue weighted by Crippen LogP contribution is -2.25. The molecule has 4 aromatic rings. The summed E-state index contributed by atoms with van der Waals surface area (Å²) in [7, 11) is 0. The standard InChI is InChI=1S/C21H13ClF3N3O/c1-11-2-7-14(20(25)26-11)19-15-8-17(23)18(24)9-16(15)21(29)28(27-19)10-12-3-5-13(22)6-4-12/h2-9H,10H2,1H3. The zero-order chi connectivity index (χ0) is 20.7. The van der Waals surface area contributed by atoms with E-state index in [-0.39, 0.29) is 28.6 Å². The maximum atomic E-state index is 14.5. The average Bonchev–Trinajstić information content (AvgIpc) is 2.68. The Labute approximate surface area is 168 Å². The second-order valence-corrected chi connectivity index (χ2v) is 6.98. The second kappa shape index (κ2) is 7.33. The van der Waals surface area contributed by atoms with Gasteiger partial charge in [0.25, 0.3) is 5.56 Å². The predicted octanol–water partition coefficient (Wildman–Crippen LogP) is 4.89. The number of nitrogens with zero attached hydrogens (tertiary/aromatic N) is 3. The van der Waals surface area contributed by atoms with E-state index in [1.165, 1.54) is 6.07 Å². The summed E-state index contributed by atoms with van der Waals surface area (Å²) in [6.45, 7) is 1.66. The van der Waals surface area contributed by atoms with E-state index in [1.807, 2.05) is 0 Å². The van der Waals surface area contributed by atoms with E-state index in [4.69, 9.17) is 11.6 Å². The number of aromatic nitrogens is 3. The fourth-order valence-electron chi connectivity index (χ4n) is 3.05. The van der Waals surface area contributed by atoms with Crippen LogP contribution in [0.5, 0.6) is 0 Å². The molecule has 0 bridgehead atoms. The van der Waals surface area contributed by atoms with Gasteiger partial charge >= 0.3 is 0 Å². The van der Waals surface area contributed by atoms with Crippen molar-refractivity contribution in [3.8, 4) is 11.3 Å². The Morgan fingerprint density at radius 1 is 0.966 bits per heavy atom. The molecule has 0 aliphatic heterocycles. The molecule has 146 valence electrons. The number of rotatable bonds is 3. The largest absolute Gasteiger partial charge is 0.275 e. The molecular formula is C21H13ClF3N3O. The van der Waals surface area contributed by atoms with Crippen LogP contribution in [0.1, 0.15) is 11.3 Å². The normalized spacial score (nSPS) is 11.2. The first-order valence-electron chi connectivity index (χ1n) is 8.61. The van der Waals surface area contributed by atoms with E-state index in [0.717, 1.165) is 16.8 Å². The monoisotopic (exact) mass is 415 g/mol. The zero-order valence-electron chi connectivity index (χ0n) is 15.1. The Morgan fingerprint density at radius 3 is 2.28 bits per heavy atom. The molecule has 0 saturated heterocycles. The lowest BCUT2D eigenvalue weighted by molar-refractivity contribution is 0.510. The van der Waals surface area contributed by atoms with Crippen molar-refractivity contribution in [1.82, 2.24) is 14.8 Å². The van der Waals surface area contributed by atoms with Crippen LogP contribution in [0.25, 0.3) is 22.0 Å². The van der Waals surface area contributed by atoms with Gasteiger partial charge in [-0.25, -0.2) is 18.4 Å². The fourth-order valence-corrected chi connectivity index (χ4v) is 3.18. The van der Waals surface area contributed by atoms with Gasteiger partial charge in [-0.15, -0.1) is 0 Å². The van der Waals surface area contributed by atoms with Crippen molar-refractivity contribution < 1.29 is 13.2 Å². The first-order valence-corrected chi connectivity index (χ1v) is 8.99. The molecule has 0 atom stereocenters. The lowest BCUT2D eigenvalue weighted by atomic mass is 10.1. The van der Waals surface area contributed by atoms with E-state index in [1.54, 1.807) is 37.3 Å². The molecule has 4 nitrogen and oxygen atoms in total. The third kappa shape index (κ3) is 3.61. The topological polar surface area (TPSA) is 47.8 Å². The molecule has 2 heterocycles. The van der Waals surface area contributed by atoms with Crippen LogP contribution in [0.2, 0.25) is 5.02 Å². The summed E-state index contributed by atoms with van der Waals surface area (Å²) in [5.41, 5.74) is 0.508. The minimum atomic E-state index is -1.17. The Kier molecular flexibility index (Phi) is 4.84. The molecule has 0 aliphatic carbocycles. The van der Waals surface area contributed by atoms with E-state index in [0.29, 0.717) is 16.3 Å². The van der Waals surface area contributed by atoms with Crippen LogP contribution in [0.15, 0.2) is 53.3 Å². The van der Waals surface area contributed by atoms with Gasteiger partial charge in [-0.05, 0) is 48.9 Å². The van der Waals surface area contributed by atoms with Gasteiger partial charge in [0.2, 0.25) is 5.95 Å². The summed E-state index contributed by atoms with van der Waals surface area (Å²) < 4.78 is 43.4. The van der Waals surface area contributed by atoms with Crippen LogP contribution >= 0.6 is 11.6 Å². The summed E-state index contributed by atoms with van der Waals surface area (Å²) in [5.74, 6) is -3.15. The molecule has 2 aromatic heterocycles. The molecular weight excluding hydrogens is 403 g/mol. The Morgan fingerprint density at radius 2 is 1.62 bits per heavy atom. The molecule has 0 N–H and O–H groups in total. The van der Waals surface area contributed by atoms with E-state index < -0.39 is 23.1 Å². The van der Waals surface area contributed by atoms with Crippen LogP contribution in [0.3, 0.4) is 0 Å². The highest BCUT2D eigenvalue weighted by atomic mass is 35.5. The predicted molar refractivity (Wildman–Crippen MR) is 104 cm³/mol. The summed E-state index contributed by atoms with van der Waals surface area (Å²) in [4.78, 5) is 16.6. The number of benzene rings is 2. The van der Waals surface area contributed by atoms with Gasteiger partial charge in [0.15, 0.2) is 11.6 Å². The van der Waals surface area contributed by atoms with Crippen molar-refractivity contribution in [2.45, 2.75) is 13.5 Å². The van der Waals surface area contributed by atoms with Gasteiger partial charge in [0.1, 0.15) is 5.69 Å². The number of pyridine rings is 1. The van der Waals surface area contributed by atoms with Gasteiger partial charge in [0, 0.05) is 16.1 Å². The number of hydrogen-bond donors (Lipinski definition) is 0. The molecule has 29 heavy (non-hydrogen) atoms. The minimum Gasteiger partial charge on any atom is -0.267 e. The lowest BCUT2D eigenvalue weighted by Gasteiger charge is -2.12. The summed E-state index contributed by atoms with van der Waals surface area (Å²) in [6.07, 6.45) is 0. The van der Waals surface area contributed by atoms with Gasteiger partial charge in [-0.3, -0.25) is 4.79 Å². The van der Waals surface area contributed by atoms with Crippen molar-refractivity contribution in [2.75, 3.05) is 0 Å². The van der Waals surface area contributed by atoms with E-state index in [2.05, 4.69) is 10.1 Å². The van der Waals surface area contributed by atoms with Gasteiger partial charge in [-0.1, -0.05) is 23.7 Å². The maximum absolute atomic E-state index is 14.5. The first kappa shape index (κ1) is 19.1. The van der Waals surface area contributed by atoms with Gasteiger partial charge in [-0.2, -0.15) is 9.49 Å². The summed E-state index contributed by atoms with van der Waals surface area (Å²) in [6, 6.07) is 11.4. The Bertz CT molecular complexity index is 1300. The molecule has 0 unspecified atom stereocenters. The highest BCUT2D eigenvalue weighted by Crippen LogP contribution is 2.28. The molecule has 8 heteroatoms. The molecule has 0 fully saturated rings. The highest BCUT2D eigenvalue weighted by Gasteiger charge is 2.19. The third-order valence-electron chi connectivity index (χ3n) is 4.49. The molecule has 0 saturated carbocycles. The summed E-state index contributed by atoms with van der Waals surface area (Å²) in [5, 5.41) is 4.68. The molecule has 0 radical (unpaired) electrons. The summed E-state index contributed by atoms with van der Waals surface area (Å²) >= 11 is 5.88. The molecule has 0 amide bonds. The minimum absolute atomic E-state index is 0.00235. The quantitative estimate of drug-likeness (QED) is 0.448. The maximum Gasteiger partial charge on any atom is 0.275 e. The third-order valence-corrected chi connectivity index (χ3v) is 4.74. The number of hydrogen-bond acceptors (Lipinski definition) is 3. The molecule has 4 rings (SSSR count). The number of halogens is 4. The molecule has 0 spiro atoms. The SMILES string of the molecule is Cc1ccc(-c2nn(Cc3ccc(Cl)cc3)c(=O)c3cc(F)c(F)cc23)c(F)n1. The first-order chi connectivity index (χ1) is 13.8. The van der Waals surface area contributed by atoms with Crippen LogP contribution in [0, 0.1) is 24.5 Å².